The van der Waals surface area contributed by atoms with Crippen LogP contribution < -0.4 is 10.2 Å². The summed E-state index contributed by atoms with van der Waals surface area (Å²) < 4.78 is 23.3. The molecule has 0 saturated carbocycles. The molecule has 0 aliphatic carbocycles. The Bertz CT molecular complexity index is 1660. The van der Waals surface area contributed by atoms with Crippen molar-refractivity contribution in [2.75, 3.05) is 6.61 Å². The van der Waals surface area contributed by atoms with Crippen LogP contribution in [0.5, 0.6) is 23.0 Å². The minimum atomic E-state index is -1.84. The van der Waals surface area contributed by atoms with Crippen molar-refractivity contribution in [1.82, 2.24) is 0 Å². The van der Waals surface area contributed by atoms with E-state index in [-0.39, 0.29) is 39.4 Å². The van der Waals surface area contributed by atoms with E-state index in [9.17, 15) is 40.5 Å². The van der Waals surface area contributed by atoms with Crippen molar-refractivity contribution in [3.63, 3.8) is 0 Å². The van der Waals surface area contributed by atoms with Crippen molar-refractivity contribution >= 4 is 21.9 Å². The van der Waals surface area contributed by atoms with E-state index in [1.807, 2.05) is 0 Å². The smallest absolute Gasteiger partial charge is 0.239 e. The number of benzene rings is 2. The van der Waals surface area contributed by atoms with Crippen LogP contribution in [0.2, 0.25) is 0 Å². The number of aryl methyl sites for hydroxylation is 1. The van der Waals surface area contributed by atoms with Gasteiger partial charge in [-0.2, -0.15) is 0 Å². The number of fused-ring (bicyclic) bond motifs is 2. The molecule has 1 saturated heterocycles. The molecule has 1 fully saturated rings. The third kappa shape index (κ3) is 6.21. The molecule has 44 heavy (non-hydrogen) atoms. The van der Waals surface area contributed by atoms with E-state index >= 15 is 0 Å². The summed E-state index contributed by atoms with van der Waals surface area (Å²) in [6.45, 7) is 1.45. The number of phenolic OH excluding ortho intramolecular Hbond substituents is 3. The van der Waals surface area contributed by atoms with Crippen LogP contribution in [-0.4, -0.2) is 73.1 Å². The molecule has 238 valence electrons. The van der Waals surface area contributed by atoms with Crippen molar-refractivity contribution in [2.24, 2.45) is 0 Å². The average molecular weight is 615 g/mol. The zero-order valence-corrected chi connectivity index (χ0v) is 24.3. The molecular formula is C32H38O12. The van der Waals surface area contributed by atoms with Gasteiger partial charge in [-0.25, -0.2) is 0 Å². The van der Waals surface area contributed by atoms with Crippen molar-refractivity contribution in [2.45, 2.75) is 89.0 Å². The monoisotopic (exact) mass is 614 g/mol. The molecule has 0 unspecified atom stereocenters. The average Bonchev–Trinajstić information content (AvgIpc) is 3.43. The zero-order valence-electron chi connectivity index (χ0n) is 24.3. The molecule has 5 atom stereocenters. The Kier molecular flexibility index (Phi) is 9.66. The normalized spacial score (nSPS) is 22.2. The largest absolute Gasteiger partial charge is 0.508 e. The summed E-state index contributed by atoms with van der Waals surface area (Å²) in [6.07, 6.45) is 0.0420. The summed E-state index contributed by atoms with van der Waals surface area (Å²) in [5.41, 5.74) is -0.699. The van der Waals surface area contributed by atoms with E-state index in [1.54, 1.807) is 6.07 Å². The predicted molar refractivity (Wildman–Crippen MR) is 159 cm³/mol. The minimum absolute atomic E-state index is 0.140. The topological polar surface area (TPSA) is 203 Å². The zero-order chi connectivity index (χ0) is 31.5. The van der Waals surface area contributed by atoms with E-state index in [4.69, 9.17) is 18.3 Å². The van der Waals surface area contributed by atoms with E-state index in [0.29, 0.717) is 17.6 Å². The quantitative estimate of drug-likeness (QED) is 0.114. The highest BCUT2D eigenvalue weighted by atomic mass is 16.7. The highest BCUT2D eigenvalue weighted by Crippen LogP contribution is 2.42. The first-order chi connectivity index (χ1) is 21.1. The number of hydrogen-bond donors (Lipinski definition) is 7. The van der Waals surface area contributed by atoms with E-state index in [2.05, 4.69) is 6.92 Å². The molecule has 0 radical (unpaired) electrons. The van der Waals surface area contributed by atoms with Crippen LogP contribution in [0.3, 0.4) is 0 Å². The van der Waals surface area contributed by atoms with Gasteiger partial charge in [0.1, 0.15) is 52.6 Å². The van der Waals surface area contributed by atoms with Gasteiger partial charge in [0, 0.05) is 29.5 Å². The van der Waals surface area contributed by atoms with Gasteiger partial charge in [0.25, 0.3) is 0 Å². The Morgan fingerprint density at radius 2 is 1.57 bits per heavy atom. The van der Waals surface area contributed by atoms with E-state index in [0.717, 1.165) is 31.4 Å². The number of hydrogen-bond acceptors (Lipinski definition) is 12. The number of aliphatic hydroxyl groups excluding tert-OH is 4. The Balaban J connectivity index is 1.57. The Labute approximate surface area is 252 Å². The lowest BCUT2D eigenvalue weighted by atomic mass is 9.99. The number of aromatic hydroxyl groups is 3. The van der Waals surface area contributed by atoms with Gasteiger partial charge < -0.3 is 54.1 Å². The molecule has 3 heterocycles. The lowest BCUT2D eigenvalue weighted by Crippen LogP contribution is -2.60. The number of furan rings is 1. The summed E-state index contributed by atoms with van der Waals surface area (Å²) in [4.78, 5) is 13.8. The summed E-state index contributed by atoms with van der Waals surface area (Å²) in [7, 11) is 0. The molecule has 0 spiro atoms. The van der Waals surface area contributed by atoms with Crippen LogP contribution >= 0.6 is 0 Å². The lowest BCUT2D eigenvalue weighted by molar-refractivity contribution is -0.277. The maximum absolute atomic E-state index is 13.8. The van der Waals surface area contributed by atoms with Crippen LogP contribution in [-0.2, 0) is 11.2 Å². The molecule has 12 heteroatoms. The van der Waals surface area contributed by atoms with Crippen LogP contribution in [0.25, 0.3) is 33.3 Å². The number of ether oxygens (including phenoxy) is 2. The molecule has 7 N–H and O–H groups in total. The van der Waals surface area contributed by atoms with Gasteiger partial charge in [0.2, 0.25) is 17.5 Å². The Hall–Kier alpha value is -3.81. The highest BCUT2D eigenvalue weighted by Gasteiger charge is 2.45. The molecule has 0 amide bonds. The molecule has 1 aliphatic rings. The fourth-order valence-electron chi connectivity index (χ4n) is 5.57. The maximum Gasteiger partial charge on any atom is 0.239 e. The van der Waals surface area contributed by atoms with Crippen LogP contribution in [0.1, 0.15) is 57.6 Å². The Morgan fingerprint density at radius 1 is 0.841 bits per heavy atom. The van der Waals surface area contributed by atoms with Crippen LogP contribution in [0.4, 0.5) is 0 Å². The fraction of sp³-hybridized carbons (Fsp3) is 0.469. The summed E-state index contributed by atoms with van der Waals surface area (Å²) >= 11 is 0. The second kappa shape index (κ2) is 13.4. The summed E-state index contributed by atoms with van der Waals surface area (Å²) in [5, 5.41) is 71.9. The predicted octanol–water partition coefficient (Wildman–Crippen LogP) is 3.79. The summed E-state index contributed by atoms with van der Waals surface area (Å²) in [5.74, 6) is -1.27. The number of rotatable bonds is 12. The third-order valence-electron chi connectivity index (χ3n) is 7.99. The van der Waals surface area contributed by atoms with Gasteiger partial charge in [-0.05, 0) is 24.6 Å². The van der Waals surface area contributed by atoms with Crippen molar-refractivity contribution in [3.8, 4) is 34.3 Å². The molecular weight excluding hydrogens is 576 g/mol. The molecule has 1 aliphatic heterocycles. The van der Waals surface area contributed by atoms with Gasteiger partial charge >= 0.3 is 0 Å². The minimum Gasteiger partial charge on any atom is -0.508 e. The standard InChI is InChI=1S/C32H38O12/c1-2-3-4-5-6-7-8-9-17-14-19-18(10-11-20(35)29(19)41-17)30-31(26(38)24-21(36)12-16(34)13-22(24)42-30)44-32-28(40)27(39)25(37)23(15-33)43-32/h10-14,23,25,27-28,32-37,39-40H,2-9,15H2,1H3/t23-,25-,27+,28-,32-/m0/s1. The maximum atomic E-state index is 13.8. The first-order valence-electron chi connectivity index (χ1n) is 14.9. The van der Waals surface area contributed by atoms with E-state index in [1.165, 1.54) is 37.8 Å². The van der Waals surface area contributed by atoms with Crippen molar-refractivity contribution in [1.29, 1.82) is 0 Å². The van der Waals surface area contributed by atoms with Crippen molar-refractivity contribution < 1.29 is 54.1 Å². The van der Waals surface area contributed by atoms with Crippen LogP contribution in [0, 0.1) is 0 Å². The number of unbranched alkanes of at least 4 members (excludes halogenated alkanes) is 6. The second-order valence-electron chi connectivity index (χ2n) is 11.2. The van der Waals surface area contributed by atoms with Gasteiger partial charge in [-0.15, -0.1) is 0 Å². The van der Waals surface area contributed by atoms with Crippen LogP contribution in [0.15, 0.2) is 44.0 Å². The SMILES string of the molecule is CCCCCCCCCc1cc2c(-c3oc4cc(O)cc(O)c4c(=O)c3O[C@@H]3O[C@@H](CO)[C@H](O)[C@@H](O)[C@@H]3O)ccc(O)c2o1. The molecule has 4 aromatic rings. The van der Waals surface area contributed by atoms with Gasteiger partial charge in [0.15, 0.2) is 17.1 Å². The van der Waals surface area contributed by atoms with Gasteiger partial charge in [0.05, 0.1) is 6.61 Å². The van der Waals surface area contributed by atoms with Crippen molar-refractivity contribution in [3.05, 3.63) is 46.3 Å². The molecule has 12 nitrogen and oxygen atoms in total. The third-order valence-corrected chi connectivity index (χ3v) is 7.99. The molecule has 2 aromatic heterocycles. The summed E-state index contributed by atoms with van der Waals surface area (Å²) in [6, 6.07) is 6.62. The van der Waals surface area contributed by atoms with Gasteiger partial charge in [-0.1, -0.05) is 45.4 Å². The molecule has 2 aromatic carbocycles. The second-order valence-corrected chi connectivity index (χ2v) is 11.2. The molecule has 5 rings (SSSR count). The molecule has 0 bridgehead atoms. The Morgan fingerprint density at radius 3 is 2.30 bits per heavy atom. The first kappa shape index (κ1) is 31.6. The highest BCUT2D eigenvalue weighted by molar-refractivity contribution is 5.99. The van der Waals surface area contributed by atoms with E-state index < -0.39 is 54.2 Å². The number of phenols is 3. The first-order valence-corrected chi connectivity index (χ1v) is 14.9. The lowest BCUT2D eigenvalue weighted by Gasteiger charge is -2.39. The van der Waals surface area contributed by atoms with Gasteiger partial charge in [-0.3, -0.25) is 4.79 Å². The number of aliphatic hydroxyl groups is 4. The fourth-order valence-corrected chi connectivity index (χ4v) is 5.57.